The molecule has 126 valence electrons. The van der Waals surface area contributed by atoms with Crippen LogP contribution in [-0.4, -0.2) is 22.7 Å². The lowest BCUT2D eigenvalue weighted by atomic mass is 9.97. The number of amides is 1. The molecule has 2 N–H and O–H groups in total. The van der Waals surface area contributed by atoms with Crippen molar-refractivity contribution in [1.29, 1.82) is 0 Å². The second kappa shape index (κ2) is 6.91. The van der Waals surface area contributed by atoms with Crippen molar-refractivity contribution in [3.8, 4) is 5.75 Å². The van der Waals surface area contributed by atoms with Gasteiger partial charge in [0, 0.05) is 11.3 Å². The van der Waals surface area contributed by atoms with Gasteiger partial charge in [-0.25, -0.2) is 0 Å². The third-order valence-corrected chi connectivity index (χ3v) is 5.18. The first-order valence-corrected chi connectivity index (χ1v) is 8.84. The molecular weight excluding hydrogens is 290 g/mol. The zero-order chi connectivity index (χ0) is 16.3. The molecule has 0 spiro atoms. The number of carbonyl (C=O) groups excluding carboxylic acids is 1. The van der Waals surface area contributed by atoms with E-state index in [9.17, 15) is 9.90 Å². The minimum atomic E-state index is -0.810. The van der Waals surface area contributed by atoms with Gasteiger partial charge in [-0.15, -0.1) is 0 Å². The van der Waals surface area contributed by atoms with E-state index in [1.807, 2.05) is 25.1 Å². The number of rotatable bonds is 5. The molecule has 0 aliphatic heterocycles. The van der Waals surface area contributed by atoms with E-state index < -0.39 is 5.60 Å². The first-order valence-electron chi connectivity index (χ1n) is 8.84. The van der Waals surface area contributed by atoms with E-state index in [-0.39, 0.29) is 12.3 Å². The fourth-order valence-electron chi connectivity index (χ4n) is 3.77. The fraction of sp³-hybridized carbons (Fsp3) is 0.632. The summed E-state index contributed by atoms with van der Waals surface area (Å²) in [6.45, 7) is 1.98. The molecule has 2 saturated carbocycles. The number of benzene rings is 1. The third-order valence-electron chi connectivity index (χ3n) is 5.18. The second-order valence-electron chi connectivity index (χ2n) is 7.11. The third kappa shape index (κ3) is 4.05. The van der Waals surface area contributed by atoms with E-state index in [1.54, 1.807) is 0 Å². The molecule has 3 rings (SSSR count). The maximum absolute atomic E-state index is 12.3. The lowest BCUT2D eigenvalue weighted by molar-refractivity contribution is -0.120. The largest absolute Gasteiger partial charge is 0.490 e. The molecule has 1 aromatic carbocycles. The zero-order valence-electron chi connectivity index (χ0n) is 13.9. The number of anilines is 1. The van der Waals surface area contributed by atoms with E-state index in [0.29, 0.717) is 6.10 Å². The number of carbonyl (C=O) groups is 1. The fourth-order valence-corrected chi connectivity index (χ4v) is 3.77. The van der Waals surface area contributed by atoms with Gasteiger partial charge in [0.25, 0.3) is 0 Å². The zero-order valence-corrected chi connectivity index (χ0v) is 13.9. The van der Waals surface area contributed by atoms with Crippen LogP contribution in [0.3, 0.4) is 0 Å². The van der Waals surface area contributed by atoms with Crippen molar-refractivity contribution in [3.63, 3.8) is 0 Å². The Kier molecular flexibility index (Phi) is 4.90. The Labute approximate surface area is 138 Å². The first-order chi connectivity index (χ1) is 11.1. The van der Waals surface area contributed by atoms with Crippen LogP contribution in [0.5, 0.6) is 5.75 Å². The molecule has 1 amide bonds. The average molecular weight is 317 g/mol. The first kappa shape index (κ1) is 16.3. The highest BCUT2D eigenvalue weighted by molar-refractivity contribution is 5.92. The molecule has 23 heavy (non-hydrogen) atoms. The molecule has 0 aromatic heterocycles. The molecule has 0 unspecified atom stereocenters. The minimum absolute atomic E-state index is 0.115. The SMILES string of the molecule is Cc1c(NC(=O)CC2(O)CCCC2)cccc1OC1CCCC1. The summed E-state index contributed by atoms with van der Waals surface area (Å²) in [5.41, 5.74) is 0.939. The van der Waals surface area contributed by atoms with Crippen molar-refractivity contribution in [2.24, 2.45) is 0 Å². The Morgan fingerprint density at radius 2 is 1.96 bits per heavy atom. The summed E-state index contributed by atoms with van der Waals surface area (Å²) in [5, 5.41) is 13.3. The molecule has 2 fully saturated rings. The van der Waals surface area contributed by atoms with E-state index in [2.05, 4.69) is 5.32 Å². The van der Waals surface area contributed by atoms with Crippen LogP contribution < -0.4 is 10.1 Å². The Morgan fingerprint density at radius 1 is 1.26 bits per heavy atom. The van der Waals surface area contributed by atoms with Crippen LogP contribution in [0.4, 0.5) is 5.69 Å². The van der Waals surface area contributed by atoms with Gasteiger partial charge in [0.05, 0.1) is 18.1 Å². The normalized spacial score (nSPS) is 20.6. The van der Waals surface area contributed by atoms with Gasteiger partial charge in [-0.2, -0.15) is 0 Å². The molecule has 2 aliphatic rings. The van der Waals surface area contributed by atoms with E-state index in [4.69, 9.17) is 4.74 Å². The standard InChI is InChI=1S/C19H27NO3/c1-14-16(20-18(21)13-19(22)11-4-5-12-19)9-6-10-17(14)23-15-7-2-3-8-15/h6,9-10,15,22H,2-5,7-8,11-13H2,1H3,(H,20,21). The molecule has 2 aliphatic carbocycles. The highest BCUT2D eigenvalue weighted by Gasteiger charge is 2.33. The van der Waals surface area contributed by atoms with Crippen LogP contribution in [0.1, 0.15) is 63.4 Å². The summed E-state index contributed by atoms with van der Waals surface area (Å²) >= 11 is 0. The summed E-state index contributed by atoms with van der Waals surface area (Å²) in [6.07, 6.45) is 8.65. The molecule has 4 heteroatoms. The van der Waals surface area contributed by atoms with Gasteiger partial charge in [0.2, 0.25) is 5.91 Å². The van der Waals surface area contributed by atoms with Gasteiger partial charge in [-0.1, -0.05) is 18.9 Å². The molecule has 4 nitrogen and oxygen atoms in total. The van der Waals surface area contributed by atoms with Crippen LogP contribution in [0.2, 0.25) is 0 Å². The summed E-state index contributed by atoms with van der Waals surface area (Å²) in [5.74, 6) is 0.741. The van der Waals surface area contributed by atoms with Gasteiger partial charge in [0.15, 0.2) is 0 Å². The summed E-state index contributed by atoms with van der Waals surface area (Å²) in [6, 6.07) is 5.78. The van der Waals surface area contributed by atoms with Gasteiger partial charge in [0.1, 0.15) is 5.75 Å². The number of aliphatic hydroxyl groups is 1. The maximum atomic E-state index is 12.3. The van der Waals surface area contributed by atoms with Crippen LogP contribution in [-0.2, 0) is 4.79 Å². The average Bonchev–Trinajstić information content (AvgIpc) is 3.15. The predicted molar refractivity (Wildman–Crippen MR) is 90.7 cm³/mol. The Morgan fingerprint density at radius 3 is 2.65 bits per heavy atom. The van der Waals surface area contributed by atoms with Gasteiger partial charge in [-0.3, -0.25) is 4.79 Å². The lowest BCUT2D eigenvalue weighted by Gasteiger charge is -2.22. The highest BCUT2D eigenvalue weighted by atomic mass is 16.5. The monoisotopic (exact) mass is 317 g/mol. The molecule has 0 bridgehead atoms. The van der Waals surface area contributed by atoms with E-state index >= 15 is 0 Å². The summed E-state index contributed by atoms with van der Waals surface area (Å²) < 4.78 is 6.08. The van der Waals surface area contributed by atoms with Crippen molar-refractivity contribution in [1.82, 2.24) is 0 Å². The highest BCUT2D eigenvalue weighted by Crippen LogP contribution is 2.34. The van der Waals surface area contributed by atoms with Gasteiger partial charge >= 0.3 is 0 Å². The van der Waals surface area contributed by atoms with E-state index in [0.717, 1.165) is 55.5 Å². The van der Waals surface area contributed by atoms with Gasteiger partial charge < -0.3 is 15.2 Å². The van der Waals surface area contributed by atoms with Crippen LogP contribution in [0.25, 0.3) is 0 Å². The molecule has 0 heterocycles. The molecule has 0 saturated heterocycles. The minimum Gasteiger partial charge on any atom is -0.490 e. The predicted octanol–water partition coefficient (Wildman–Crippen LogP) is 3.95. The van der Waals surface area contributed by atoms with Crippen molar-refractivity contribution in [2.75, 3.05) is 5.32 Å². The molecule has 0 radical (unpaired) electrons. The van der Waals surface area contributed by atoms with E-state index in [1.165, 1.54) is 12.8 Å². The maximum Gasteiger partial charge on any atom is 0.227 e. The Bertz CT molecular complexity index is 558. The quantitative estimate of drug-likeness (QED) is 0.864. The number of hydrogen-bond acceptors (Lipinski definition) is 3. The summed E-state index contributed by atoms with van der Waals surface area (Å²) in [4.78, 5) is 12.3. The van der Waals surface area contributed by atoms with Crippen molar-refractivity contribution >= 4 is 11.6 Å². The van der Waals surface area contributed by atoms with Crippen molar-refractivity contribution < 1.29 is 14.6 Å². The number of ether oxygens (including phenoxy) is 1. The molecular formula is C19H27NO3. The summed E-state index contributed by atoms with van der Waals surface area (Å²) in [7, 11) is 0. The Hall–Kier alpha value is -1.55. The van der Waals surface area contributed by atoms with Crippen LogP contribution >= 0.6 is 0 Å². The lowest BCUT2D eigenvalue weighted by Crippen LogP contribution is -2.30. The molecule has 1 aromatic rings. The van der Waals surface area contributed by atoms with Crippen LogP contribution in [0.15, 0.2) is 18.2 Å². The van der Waals surface area contributed by atoms with Gasteiger partial charge in [-0.05, 0) is 57.6 Å². The smallest absolute Gasteiger partial charge is 0.227 e. The van der Waals surface area contributed by atoms with Crippen molar-refractivity contribution in [2.45, 2.75) is 76.4 Å². The van der Waals surface area contributed by atoms with Crippen molar-refractivity contribution in [3.05, 3.63) is 23.8 Å². The van der Waals surface area contributed by atoms with Crippen LogP contribution in [0, 0.1) is 6.92 Å². The Balaban J connectivity index is 1.64. The topological polar surface area (TPSA) is 58.6 Å². The molecule has 0 atom stereocenters. The number of nitrogens with one attached hydrogen (secondary N) is 1. The number of hydrogen-bond donors (Lipinski definition) is 2. The second-order valence-corrected chi connectivity index (χ2v) is 7.11.